The van der Waals surface area contributed by atoms with Gasteiger partial charge in [-0.3, -0.25) is 9.59 Å². The van der Waals surface area contributed by atoms with Crippen molar-refractivity contribution >= 4 is 69.7 Å². The highest BCUT2D eigenvalue weighted by molar-refractivity contribution is 6.19. The molecular formula is C42H50Cl4N2O4. The van der Waals surface area contributed by atoms with E-state index in [2.05, 4.69) is 28.9 Å². The molecule has 0 spiro atoms. The zero-order valence-corrected chi connectivity index (χ0v) is 33.0. The number of halogens is 4. The minimum absolute atomic E-state index is 0.0119. The summed E-state index contributed by atoms with van der Waals surface area (Å²) in [6.45, 7) is 5.24. The summed E-state index contributed by atoms with van der Waals surface area (Å²) in [7, 11) is 0. The molecule has 3 aliphatic carbocycles. The van der Waals surface area contributed by atoms with Gasteiger partial charge in [0.05, 0.1) is 12.8 Å². The molecule has 0 aromatic heterocycles. The Morgan fingerprint density at radius 1 is 0.712 bits per heavy atom. The number of carbonyl (C=O) groups is 2. The first kappa shape index (κ1) is 39.1. The van der Waals surface area contributed by atoms with Crippen molar-refractivity contribution in [2.45, 2.75) is 70.3 Å². The van der Waals surface area contributed by atoms with E-state index >= 15 is 0 Å². The number of anilines is 2. The van der Waals surface area contributed by atoms with Gasteiger partial charge < -0.3 is 19.3 Å². The fraction of sp³-hybridized carbons (Fsp3) is 0.524. The van der Waals surface area contributed by atoms with E-state index in [1.165, 1.54) is 11.1 Å². The molecule has 3 aromatic rings. The van der Waals surface area contributed by atoms with Crippen LogP contribution in [0.3, 0.4) is 0 Å². The lowest BCUT2D eigenvalue weighted by Crippen LogP contribution is -2.45. The Labute approximate surface area is 329 Å². The lowest BCUT2D eigenvalue weighted by Gasteiger charge is -2.50. The van der Waals surface area contributed by atoms with E-state index in [9.17, 15) is 9.59 Å². The lowest BCUT2D eigenvalue weighted by molar-refractivity contribution is -0.156. The molecule has 2 saturated carbocycles. The number of hydrogen-bond donors (Lipinski definition) is 0. The molecule has 6 rings (SSSR count). The van der Waals surface area contributed by atoms with Crippen LogP contribution in [0.1, 0.15) is 67.2 Å². The van der Waals surface area contributed by atoms with Crippen LogP contribution in [0.15, 0.2) is 66.7 Å². The predicted octanol–water partition coefficient (Wildman–Crippen LogP) is 9.41. The molecule has 0 heterocycles. The summed E-state index contributed by atoms with van der Waals surface area (Å²) >= 11 is 23.9. The van der Waals surface area contributed by atoms with E-state index in [0.29, 0.717) is 60.1 Å². The standard InChI is InChI=1S/C42H50Cl4N2O4/c1-42-17-16-36-35-13-11-34(51-40(49)26-29-2-7-32(8-3-29)47(22-18-43)23-19-44)28-31(35)6-12-37(36)38(42)14-15-39(42)52-41(50)27-30-4-9-33(10-5-30)48(24-20-45)25-21-46/h2-5,7-11,13,28,36-39H,6,12,14-27H2,1H3/t36-,37-,38-,39-,42-/m0/s1. The van der Waals surface area contributed by atoms with Gasteiger partial charge in [-0.25, -0.2) is 0 Å². The highest BCUT2D eigenvalue weighted by Gasteiger charge is 2.56. The minimum Gasteiger partial charge on any atom is -0.462 e. The molecule has 3 aromatic carbocycles. The summed E-state index contributed by atoms with van der Waals surface area (Å²) in [6, 6.07) is 22.2. The van der Waals surface area contributed by atoms with E-state index in [1.54, 1.807) is 0 Å². The van der Waals surface area contributed by atoms with Crippen molar-refractivity contribution in [3.63, 3.8) is 0 Å². The average molecular weight is 789 g/mol. The Morgan fingerprint density at radius 2 is 1.27 bits per heavy atom. The summed E-state index contributed by atoms with van der Waals surface area (Å²) in [5.41, 5.74) is 6.62. The highest BCUT2D eigenvalue weighted by atomic mass is 35.5. The molecule has 0 bridgehead atoms. The summed E-state index contributed by atoms with van der Waals surface area (Å²) in [5, 5.41) is 0. The van der Waals surface area contributed by atoms with Gasteiger partial charge in [0.2, 0.25) is 0 Å². The zero-order valence-electron chi connectivity index (χ0n) is 30.0. The summed E-state index contributed by atoms with van der Waals surface area (Å²) in [5.74, 6) is 3.86. The minimum atomic E-state index is -0.270. The second-order valence-electron chi connectivity index (χ2n) is 14.8. The van der Waals surface area contributed by atoms with Gasteiger partial charge >= 0.3 is 11.9 Å². The molecule has 2 fully saturated rings. The number of ether oxygens (including phenoxy) is 2. The maximum atomic E-state index is 13.2. The molecule has 6 nitrogen and oxygen atoms in total. The van der Waals surface area contributed by atoms with Gasteiger partial charge in [-0.15, -0.1) is 46.4 Å². The van der Waals surface area contributed by atoms with Crippen molar-refractivity contribution < 1.29 is 19.1 Å². The molecule has 0 unspecified atom stereocenters. The van der Waals surface area contributed by atoms with Crippen molar-refractivity contribution in [2.75, 3.05) is 59.5 Å². The quantitative estimate of drug-likeness (QED) is 0.0820. The monoisotopic (exact) mass is 786 g/mol. The topological polar surface area (TPSA) is 59.1 Å². The number of hydrogen-bond acceptors (Lipinski definition) is 6. The molecule has 0 radical (unpaired) electrons. The number of alkyl halides is 4. The highest BCUT2D eigenvalue weighted by Crippen LogP contribution is 2.61. The lowest BCUT2D eigenvalue weighted by atomic mass is 9.55. The first-order valence-electron chi connectivity index (χ1n) is 18.7. The fourth-order valence-electron chi connectivity index (χ4n) is 9.27. The van der Waals surface area contributed by atoms with E-state index in [4.69, 9.17) is 55.9 Å². The third-order valence-corrected chi connectivity index (χ3v) is 12.5. The van der Waals surface area contributed by atoms with Crippen LogP contribution in [0, 0.1) is 17.3 Å². The van der Waals surface area contributed by atoms with E-state index in [-0.39, 0.29) is 36.3 Å². The fourth-order valence-corrected chi connectivity index (χ4v) is 10.1. The maximum Gasteiger partial charge on any atom is 0.315 e. The second-order valence-corrected chi connectivity index (χ2v) is 16.3. The smallest absolute Gasteiger partial charge is 0.315 e. The van der Waals surface area contributed by atoms with Crippen LogP contribution in [0.2, 0.25) is 0 Å². The first-order valence-corrected chi connectivity index (χ1v) is 20.8. The number of benzene rings is 3. The molecule has 5 atom stereocenters. The molecule has 0 amide bonds. The first-order chi connectivity index (χ1) is 25.3. The van der Waals surface area contributed by atoms with Crippen LogP contribution in [-0.4, -0.2) is 67.7 Å². The van der Waals surface area contributed by atoms with Gasteiger partial charge in [-0.1, -0.05) is 37.3 Å². The van der Waals surface area contributed by atoms with Crippen LogP contribution in [0.25, 0.3) is 0 Å². The summed E-state index contributed by atoms with van der Waals surface area (Å²) < 4.78 is 12.1. The Morgan fingerprint density at radius 3 is 1.83 bits per heavy atom. The number of rotatable bonds is 16. The molecule has 0 saturated heterocycles. The number of esters is 2. The van der Waals surface area contributed by atoms with Crippen LogP contribution >= 0.6 is 46.4 Å². The Bertz CT molecular complexity index is 1640. The summed E-state index contributed by atoms with van der Waals surface area (Å²) in [6.07, 6.45) is 6.60. The molecule has 280 valence electrons. The average Bonchev–Trinajstić information content (AvgIpc) is 3.47. The molecule has 10 heteroatoms. The molecular weight excluding hydrogens is 738 g/mol. The Balaban J connectivity index is 1.03. The van der Waals surface area contributed by atoms with Crippen molar-refractivity contribution in [3.8, 4) is 5.75 Å². The van der Waals surface area contributed by atoms with Gasteiger partial charge in [0.1, 0.15) is 11.9 Å². The largest absolute Gasteiger partial charge is 0.462 e. The van der Waals surface area contributed by atoms with Gasteiger partial charge in [0, 0.05) is 66.5 Å². The van der Waals surface area contributed by atoms with Gasteiger partial charge in [-0.2, -0.15) is 0 Å². The normalized spacial score (nSPS) is 23.2. The third-order valence-electron chi connectivity index (χ3n) is 11.8. The Kier molecular flexibility index (Phi) is 13.6. The number of aryl methyl sites for hydroxylation is 1. The SMILES string of the molecule is C[C@]12CC[C@H]3c4ccc(OC(=O)Cc5ccc(N(CCCl)CCCl)cc5)cc4CC[C@@H]3[C@@H]1CC[C@@H]2OC(=O)Cc1ccc(N(CCCl)CCCl)cc1. The maximum absolute atomic E-state index is 13.2. The molecule has 3 aliphatic rings. The van der Waals surface area contributed by atoms with E-state index in [0.717, 1.165) is 74.1 Å². The van der Waals surface area contributed by atoms with Crippen LogP contribution in [0.5, 0.6) is 5.75 Å². The van der Waals surface area contributed by atoms with Crippen LogP contribution < -0.4 is 14.5 Å². The number of fused-ring (bicyclic) bond motifs is 5. The molecule has 0 N–H and O–H groups in total. The molecule has 52 heavy (non-hydrogen) atoms. The van der Waals surface area contributed by atoms with Gasteiger partial charge in [-0.05, 0) is 115 Å². The summed E-state index contributed by atoms with van der Waals surface area (Å²) in [4.78, 5) is 30.5. The van der Waals surface area contributed by atoms with E-state index in [1.807, 2.05) is 54.6 Å². The second kappa shape index (κ2) is 18.1. The van der Waals surface area contributed by atoms with Gasteiger partial charge in [0.15, 0.2) is 0 Å². The number of nitrogens with zero attached hydrogens (tertiary/aromatic N) is 2. The molecule has 0 aliphatic heterocycles. The number of carbonyl (C=O) groups excluding carboxylic acids is 2. The Hall–Kier alpha value is -2.64. The van der Waals surface area contributed by atoms with Crippen molar-refractivity contribution in [1.29, 1.82) is 0 Å². The van der Waals surface area contributed by atoms with Crippen LogP contribution in [0.4, 0.5) is 11.4 Å². The van der Waals surface area contributed by atoms with Crippen molar-refractivity contribution in [1.82, 2.24) is 0 Å². The predicted molar refractivity (Wildman–Crippen MR) is 214 cm³/mol. The third kappa shape index (κ3) is 9.00. The van der Waals surface area contributed by atoms with E-state index < -0.39 is 0 Å². The van der Waals surface area contributed by atoms with Crippen molar-refractivity contribution in [3.05, 3.63) is 89.0 Å². The zero-order chi connectivity index (χ0) is 36.7. The van der Waals surface area contributed by atoms with Crippen molar-refractivity contribution in [2.24, 2.45) is 17.3 Å². The van der Waals surface area contributed by atoms with Crippen LogP contribution in [-0.2, 0) is 33.6 Å². The van der Waals surface area contributed by atoms with Gasteiger partial charge in [0.25, 0.3) is 0 Å².